The van der Waals surface area contributed by atoms with Gasteiger partial charge in [0.25, 0.3) is 5.91 Å². The smallest absolute Gasteiger partial charge is 0.253 e. The summed E-state index contributed by atoms with van der Waals surface area (Å²) in [5.74, 6) is 0.556. The van der Waals surface area contributed by atoms with Crippen molar-refractivity contribution in [3.63, 3.8) is 0 Å². The molecule has 3 rings (SSSR count). The predicted molar refractivity (Wildman–Crippen MR) is 69.2 cm³/mol. The van der Waals surface area contributed by atoms with Gasteiger partial charge in [-0.1, -0.05) is 12.1 Å². The van der Waals surface area contributed by atoms with Gasteiger partial charge in [0, 0.05) is 12.3 Å². The van der Waals surface area contributed by atoms with Crippen LogP contribution in [0.3, 0.4) is 0 Å². The molecule has 2 unspecified atom stereocenters. The van der Waals surface area contributed by atoms with Crippen molar-refractivity contribution in [3.8, 4) is 0 Å². The largest absolute Gasteiger partial charge is 0.398 e. The van der Waals surface area contributed by atoms with Crippen LogP contribution in [-0.2, 0) is 4.74 Å². The molecule has 4 nitrogen and oxygen atoms in total. The van der Waals surface area contributed by atoms with Crippen LogP contribution in [0.1, 0.15) is 29.6 Å². The van der Waals surface area contributed by atoms with Gasteiger partial charge in [-0.3, -0.25) is 4.79 Å². The van der Waals surface area contributed by atoms with Gasteiger partial charge in [-0.2, -0.15) is 0 Å². The highest BCUT2D eigenvalue weighted by molar-refractivity contribution is 5.99. The fraction of sp³-hybridized carbons (Fsp3) is 0.500. The number of amides is 1. The molecule has 1 amide bonds. The molecule has 1 aliphatic carbocycles. The molecule has 1 saturated carbocycles. The van der Waals surface area contributed by atoms with Crippen LogP contribution < -0.4 is 11.1 Å². The molecule has 96 valence electrons. The van der Waals surface area contributed by atoms with E-state index in [0.717, 1.165) is 13.0 Å². The van der Waals surface area contributed by atoms with Crippen molar-refractivity contribution in [2.24, 2.45) is 5.92 Å². The fourth-order valence-corrected chi connectivity index (χ4v) is 2.61. The minimum atomic E-state index is -0.0887. The molecule has 3 N–H and O–H groups in total. The van der Waals surface area contributed by atoms with Gasteiger partial charge in [0.1, 0.15) is 0 Å². The van der Waals surface area contributed by atoms with E-state index in [1.165, 1.54) is 12.8 Å². The van der Waals surface area contributed by atoms with E-state index >= 15 is 0 Å². The second-order valence-electron chi connectivity index (χ2n) is 5.13. The molecule has 0 aromatic heterocycles. The second kappa shape index (κ2) is 4.61. The summed E-state index contributed by atoms with van der Waals surface area (Å²) in [6, 6.07) is 7.31. The number of rotatable bonds is 3. The van der Waals surface area contributed by atoms with Crippen molar-refractivity contribution in [3.05, 3.63) is 29.8 Å². The van der Waals surface area contributed by atoms with E-state index in [2.05, 4.69) is 5.32 Å². The molecule has 0 spiro atoms. The summed E-state index contributed by atoms with van der Waals surface area (Å²) in [4.78, 5) is 12.2. The van der Waals surface area contributed by atoms with Gasteiger partial charge in [-0.25, -0.2) is 0 Å². The zero-order valence-corrected chi connectivity index (χ0v) is 10.3. The molecule has 18 heavy (non-hydrogen) atoms. The van der Waals surface area contributed by atoms with E-state index in [4.69, 9.17) is 10.5 Å². The van der Waals surface area contributed by atoms with Crippen LogP contribution in [0.5, 0.6) is 0 Å². The van der Waals surface area contributed by atoms with E-state index in [1.54, 1.807) is 12.1 Å². The molecule has 4 heteroatoms. The molecule has 1 aromatic rings. The van der Waals surface area contributed by atoms with E-state index in [0.29, 0.717) is 17.2 Å². The standard InChI is InChI=1S/C14H18N2O2/c15-11-4-2-1-3-10(11)14(17)16-12-7-8-18-13(12)9-5-6-9/h1-4,9,12-13H,5-8,15H2,(H,16,17). The number of anilines is 1. The molecule has 0 radical (unpaired) electrons. The van der Waals surface area contributed by atoms with Crippen molar-refractivity contribution in [1.29, 1.82) is 0 Å². The van der Waals surface area contributed by atoms with Gasteiger partial charge in [0.05, 0.1) is 17.7 Å². The molecule has 1 saturated heterocycles. The molecular weight excluding hydrogens is 228 g/mol. The zero-order chi connectivity index (χ0) is 12.5. The van der Waals surface area contributed by atoms with Gasteiger partial charge in [-0.05, 0) is 37.3 Å². The third-order valence-electron chi connectivity index (χ3n) is 3.74. The normalized spacial score (nSPS) is 27.1. The highest BCUT2D eigenvalue weighted by Crippen LogP contribution is 2.38. The maximum absolute atomic E-state index is 12.2. The van der Waals surface area contributed by atoms with E-state index in [9.17, 15) is 4.79 Å². The highest BCUT2D eigenvalue weighted by Gasteiger charge is 2.41. The first-order valence-electron chi connectivity index (χ1n) is 6.52. The maximum Gasteiger partial charge on any atom is 0.253 e. The van der Waals surface area contributed by atoms with Crippen LogP contribution in [0.4, 0.5) is 5.69 Å². The Morgan fingerprint density at radius 1 is 1.28 bits per heavy atom. The topological polar surface area (TPSA) is 64.4 Å². The van der Waals surface area contributed by atoms with Crippen LogP contribution in [0.15, 0.2) is 24.3 Å². The number of para-hydroxylation sites is 1. The number of carbonyl (C=O) groups excluding carboxylic acids is 1. The zero-order valence-electron chi connectivity index (χ0n) is 10.3. The fourth-order valence-electron chi connectivity index (χ4n) is 2.61. The first-order valence-corrected chi connectivity index (χ1v) is 6.52. The number of carbonyl (C=O) groups is 1. The molecule has 2 atom stereocenters. The SMILES string of the molecule is Nc1ccccc1C(=O)NC1CCOC1C1CC1. The van der Waals surface area contributed by atoms with Gasteiger partial charge in [0.2, 0.25) is 0 Å². The number of hydrogen-bond donors (Lipinski definition) is 2. The van der Waals surface area contributed by atoms with Crippen LogP contribution in [0.25, 0.3) is 0 Å². The number of hydrogen-bond acceptors (Lipinski definition) is 3. The highest BCUT2D eigenvalue weighted by atomic mass is 16.5. The van der Waals surface area contributed by atoms with Crippen molar-refractivity contribution in [1.82, 2.24) is 5.32 Å². The van der Waals surface area contributed by atoms with Gasteiger partial charge in [0.15, 0.2) is 0 Å². The number of nitrogen functional groups attached to an aromatic ring is 1. The van der Waals surface area contributed by atoms with Gasteiger partial charge >= 0.3 is 0 Å². The van der Waals surface area contributed by atoms with Crippen LogP contribution >= 0.6 is 0 Å². The third-order valence-corrected chi connectivity index (χ3v) is 3.74. The number of ether oxygens (including phenoxy) is 1. The Balaban J connectivity index is 1.69. The van der Waals surface area contributed by atoms with E-state index < -0.39 is 0 Å². The van der Waals surface area contributed by atoms with Crippen LogP contribution in [-0.4, -0.2) is 24.7 Å². The average Bonchev–Trinajstić information content (AvgIpc) is 3.11. The van der Waals surface area contributed by atoms with Gasteiger partial charge in [-0.15, -0.1) is 0 Å². The molecular formula is C14H18N2O2. The Morgan fingerprint density at radius 2 is 2.06 bits per heavy atom. The number of nitrogens with two attached hydrogens (primary N) is 1. The lowest BCUT2D eigenvalue weighted by Gasteiger charge is -2.19. The summed E-state index contributed by atoms with van der Waals surface area (Å²) in [6.45, 7) is 0.746. The lowest BCUT2D eigenvalue weighted by molar-refractivity contribution is 0.0730. The Kier molecular flexibility index (Phi) is 2.96. The molecule has 2 fully saturated rings. The lowest BCUT2D eigenvalue weighted by atomic mass is 10.1. The van der Waals surface area contributed by atoms with Crippen molar-refractivity contribution in [2.45, 2.75) is 31.4 Å². The number of nitrogens with one attached hydrogen (secondary N) is 1. The van der Waals surface area contributed by atoms with Crippen molar-refractivity contribution in [2.75, 3.05) is 12.3 Å². The minimum absolute atomic E-state index is 0.0887. The number of benzene rings is 1. The molecule has 1 heterocycles. The van der Waals surface area contributed by atoms with Crippen molar-refractivity contribution < 1.29 is 9.53 Å². The summed E-state index contributed by atoms with van der Waals surface area (Å²) < 4.78 is 5.71. The first kappa shape index (κ1) is 11.5. The molecule has 2 aliphatic rings. The Labute approximate surface area is 107 Å². The summed E-state index contributed by atoms with van der Waals surface area (Å²) in [5.41, 5.74) is 6.89. The monoisotopic (exact) mass is 246 g/mol. The van der Waals surface area contributed by atoms with E-state index in [-0.39, 0.29) is 18.1 Å². The lowest BCUT2D eigenvalue weighted by Crippen LogP contribution is -2.41. The summed E-state index contributed by atoms with van der Waals surface area (Å²) in [7, 11) is 0. The Hall–Kier alpha value is -1.55. The quantitative estimate of drug-likeness (QED) is 0.796. The molecule has 1 aromatic carbocycles. The summed E-state index contributed by atoms with van der Waals surface area (Å²) in [5, 5.41) is 3.06. The predicted octanol–water partition coefficient (Wildman–Crippen LogP) is 1.57. The molecule has 0 bridgehead atoms. The summed E-state index contributed by atoms with van der Waals surface area (Å²) >= 11 is 0. The Morgan fingerprint density at radius 3 is 2.78 bits per heavy atom. The van der Waals surface area contributed by atoms with Crippen LogP contribution in [0.2, 0.25) is 0 Å². The minimum Gasteiger partial charge on any atom is -0.398 e. The first-order chi connectivity index (χ1) is 8.75. The second-order valence-corrected chi connectivity index (χ2v) is 5.13. The van der Waals surface area contributed by atoms with Crippen LogP contribution in [0, 0.1) is 5.92 Å². The molecule has 1 aliphatic heterocycles. The maximum atomic E-state index is 12.2. The average molecular weight is 246 g/mol. The van der Waals surface area contributed by atoms with E-state index in [1.807, 2.05) is 12.1 Å². The summed E-state index contributed by atoms with van der Waals surface area (Å²) in [6.07, 6.45) is 3.56. The third kappa shape index (κ3) is 2.20. The van der Waals surface area contributed by atoms with Gasteiger partial charge < -0.3 is 15.8 Å². The Bertz CT molecular complexity index is 457. The van der Waals surface area contributed by atoms with Crippen molar-refractivity contribution >= 4 is 11.6 Å².